The molecule has 0 radical (unpaired) electrons. The zero-order valence-electron chi connectivity index (χ0n) is 20.8. The number of benzene rings is 1. The van der Waals surface area contributed by atoms with Crippen molar-refractivity contribution in [1.29, 1.82) is 0 Å². The summed E-state index contributed by atoms with van der Waals surface area (Å²) in [4.78, 5) is 0. The highest BCUT2D eigenvalue weighted by Gasteiger charge is 2.15. The number of halogens is 1. The van der Waals surface area contributed by atoms with E-state index in [0.717, 1.165) is 42.9 Å². The number of hydrogen-bond acceptors (Lipinski definition) is 3. The summed E-state index contributed by atoms with van der Waals surface area (Å²) in [7, 11) is 1.75. The van der Waals surface area contributed by atoms with Crippen molar-refractivity contribution in [2.45, 2.75) is 97.2 Å². The molecule has 0 heterocycles. The molecule has 0 fully saturated rings. The van der Waals surface area contributed by atoms with Crippen LogP contribution in [-0.2, 0) is 16.5 Å². The zero-order valence-corrected chi connectivity index (χ0v) is 22.4. The standard InChI is InChI=1S/C27H47BrO3/c1-6-10-12-14-23(9-4)21-31-27-17-24(15-16-29-5)26(18-25(27)19-28)30-20-22(8-3)13-11-7-2/h17-18,22-23H,6-16,19-21H2,1-5H3. The van der Waals surface area contributed by atoms with E-state index in [0.29, 0.717) is 18.4 Å². The largest absolute Gasteiger partial charge is 0.493 e. The lowest BCUT2D eigenvalue weighted by Gasteiger charge is -2.21. The fourth-order valence-electron chi connectivity index (χ4n) is 3.83. The minimum Gasteiger partial charge on any atom is -0.493 e. The molecule has 0 amide bonds. The van der Waals surface area contributed by atoms with E-state index in [1.54, 1.807) is 7.11 Å². The first-order valence-electron chi connectivity index (χ1n) is 12.6. The van der Waals surface area contributed by atoms with Gasteiger partial charge in [0.2, 0.25) is 0 Å². The van der Waals surface area contributed by atoms with Gasteiger partial charge in [-0.2, -0.15) is 0 Å². The molecule has 1 rings (SSSR count). The van der Waals surface area contributed by atoms with Crippen LogP contribution in [0.4, 0.5) is 0 Å². The second-order valence-electron chi connectivity index (χ2n) is 8.75. The predicted octanol–water partition coefficient (Wildman–Crippen LogP) is 8.35. The van der Waals surface area contributed by atoms with Gasteiger partial charge in [0.1, 0.15) is 11.5 Å². The molecule has 180 valence electrons. The van der Waals surface area contributed by atoms with Crippen LogP contribution in [0.2, 0.25) is 0 Å². The lowest BCUT2D eigenvalue weighted by molar-refractivity contribution is 0.197. The third kappa shape index (κ3) is 11.1. The van der Waals surface area contributed by atoms with E-state index in [9.17, 15) is 0 Å². The maximum Gasteiger partial charge on any atom is 0.123 e. The fourth-order valence-corrected chi connectivity index (χ4v) is 4.26. The summed E-state index contributed by atoms with van der Waals surface area (Å²) >= 11 is 3.66. The predicted molar refractivity (Wildman–Crippen MR) is 137 cm³/mol. The zero-order chi connectivity index (χ0) is 22.9. The molecule has 2 unspecified atom stereocenters. The van der Waals surface area contributed by atoms with Crippen molar-refractivity contribution in [3.05, 3.63) is 23.3 Å². The van der Waals surface area contributed by atoms with Crippen LogP contribution in [0.3, 0.4) is 0 Å². The number of methoxy groups -OCH3 is 1. The first-order valence-corrected chi connectivity index (χ1v) is 13.7. The van der Waals surface area contributed by atoms with Crippen molar-refractivity contribution in [1.82, 2.24) is 0 Å². The summed E-state index contributed by atoms with van der Waals surface area (Å²) in [5.74, 6) is 3.22. The highest BCUT2D eigenvalue weighted by Crippen LogP contribution is 2.32. The van der Waals surface area contributed by atoms with Crippen molar-refractivity contribution in [2.24, 2.45) is 11.8 Å². The average Bonchev–Trinajstić information content (AvgIpc) is 2.80. The van der Waals surface area contributed by atoms with Crippen LogP contribution < -0.4 is 9.47 Å². The van der Waals surface area contributed by atoms with Crippen molar-refractivity contribution >= 4 is 15.9 Å². The Balaban J connectivity index is 2.91. The van der Waals surface area contributed by atoms with Gasteiger partial charge in [-0.15, -0.1) is 0 Å². The Hall–Kier alpha value is -0.740. The Morgan fingerprint density at radius 3 is 1.84 bits per heavy atom. The van der Waals surface area contributed by atoms with E-state index >= 15 is 0 Å². The Kier molecular flexibility index (Phi) is 16.2. The maximum absolute atomic E-state index is 6.36. The topological polar surface area (TPSA) is 27.7 Å². The van der Waals surface area contributed by atoms with Crippen LogP contribution in [0, 0.1) is 11.8 Å². The molecule has 0 aliphatic heterocycles. The van der Waals surface area contributed by atoms with Crippen LogP contribution in [0.5, 0.6) is 11.5 Å². The number of alkyl halides is 1. The Labute approximate surface area is 200 Å². The Morgan fingerprint density at radius 2 is 1.32 bits per heavy atom. The van der Waals surface area contributed by atoms with Crippen molar-refractivity contribution < 1.29 is 14.2 Å². The highest BCUT2D eigenvalue weighted by molar-refractivity contribution is 9.08. The highest BCUT2D eigenvalue weighted by atomic mass is 79.9. The first-order chi connectivity index (χ1) is 15.1. The monoisotopic (exact) mass is 498 g/mol. The van der Waals surface area contributed by atoms with Crippen LogP contribution in [0.15, 0.2) is 12.1 Å². The van der Waals surface area contributed by atoms with Crippen molar-refractivity contribution in [3.63, 3.8) is 0 Å². The van der Waals surface area contributed by atoms with E-state index < -0.39 is 0 Å². The molecule has 0 N–H and O–H groups in total. The van der Waals surface area contributed by atoms with E-state index in [1.165, 1.54) is 62.5 Å². The van der Waals surface area contributed by atoms with Crippen LogP contribution >= 0.6 is 15.9 Å². The van der Waals surface area contributed by atoms with Crippen LogP contribution in [0.25, 0.3) is 0 Å². The van der Waals surface area contributed by atoms with Crippen molar-refractivity contribution in [3.8, 4) is 11.5 Å². The van der Waals surface area contributed by atoms with E-state index in [2.05, 4.69) is 55.8 Å². The lowest BCUT2D eigenvalue weighted by Crippen LogP contribution is -2.14. The van der Waals surface area contributed by atoms with Gasteiger partial charge in [0, 0.05) is 23.6 Å². The molecule has 0 bridgehead atoms. The van der Waals surface area contributed by atoms with Gasteiger partial charge >= 0.3 is 0 Å². The molecule has 31 heavy (non-hydrogen) atoms. The number of hydrogen-bond donors (Lipinski definition) is 0. The smallest absolute Gasteiger partial charge is 0.123 e. The summed E-state index contributed by atoms with van der Waals surface area (Å²) in [6, 6.07) is 4.37. The molecule has 1 aromatic carbocycles. The molecule has 1 aromatic rings. The Bertz CT molecular complexity index is 576. The molecular formula is C27H47BrO3. The normalized spacial score (nSPS) is 13.2. The van der Waals surface area contributed by atoms with Gasteiger partial charge in [0.05, 0.1) is 19.8 Å². The summed E-state index contributed by atoms with van der Waals surface area (Å²) in [5.41, 5.74) is 2.35. The molecule has 0 saturated heterocycles. The number of unbranched alkanes of at least 4 members (excludes halogenated alkanes) is 3. The quantitative estimate of drug-likeness (QED) is 0.141. The first kappa shape index (κ1) is 28.3. The molecule has 0 aliphatic rings. The SMILES string of the molecule is CCCCCC(CC)COc1cc(CCOC)c(OCC(CC)CCCC)cc1CBr. The lowest BCUT2D eigenvalue weighted by atomic mass is 9.99. The summed E-state index contributed by atoms with van der Waals surface area (Å²) in [6.07, 6.45) is 12.1. The third-order valence-corrected chi connectivity index (χ3v) is 6.85. The van der Waals surface area contributed by atoms with E-state index in [4.69, 9.17) is 14.2 Å². The summed E-state index contributed by atoms with van der Waals surface area (Å²) in [6.45, 7) is 11.3. The third-order valence-electron chi connectivity index (χ3n) is 6.25. The molecule has 0 spiro atoms. The molecule has 3 nitrogen and oxygen atoms in total. The van der Waals surface area contributed by atoms with E-state index in [-0.39, 0.29) is 0 Å². The van der Waals surface area contributed by atoms with Gasteiger partial charge in [0.15, 0.2) is 0 Å². The molecular weight excluding hydrogens is 452 g/mol. The molecule has 2 atom stereocenters. The average molecular weight is 500 g/mol. The summed E-state index contributed by atoms with van der Waals surface area (Å²) in [5, 5.41) is 0.767. The molecule has 4 heteroatoms. The molecule has 0 aromatic heterocycles. The maximum atomic E-state index is 6.36. The fraction of sp³-hybridized carbons (Fsp3) is 0.778. The van der Waals surface area contributed by atoms with Gasteiger partial charge in [-0.3, -0.25) is 0 Å². The minimum atomic E-state index is 0.618. The second kappa shape index (κ2) is 17.8. The van der Waals surface area contributed by atoms with E-state index in [1.807, 2.05) is 0 Å². The van der Waals surface area contributed by atoms with Gasteiger partial charge < -0.3 is 14.2 Å². The van der Waals surface area contributed by atoms with Crippen molar-refractivity contribution in [2.75, 3.05) is 26.9 Å². The Morgan fingerprint density at radius 1 is 0.774 bits per heavy atom. The van der Waals surface area contributed by atoms with Gasteiger partial charge in [-0.1, -0.05) is 88.6 Å². The van der Waals surface area contributed by atoms with Gasteiger partial charge in [-0.05, 0) is 43.2 Å². The second-order valence-corrected chi connectivity index (χ2v) is 9.31. The minimum absolute atomic E-state index is 0.618. The van der Waals surface area contributed by atoms with Gasteiger partial charge in [0.25, 0.3) is 0 Å². The number of ether oxygens (including phenoxy) is 3. The summed E-state index contributed by atoms with van der Waals surface area (Å²) < 4.78 is 18.1. The van der Waals surface area contributed by atoms with Gasteiger partial charge in [-0.25, -0.2) is 0 Å². The van der Waals surface area contributed by atoms with Crippen LogP contribution in [0.1, 0.15) is 96.6 Å². The molecule has 0 saturated carbocycles. The van der Waals surface area contributed by atoms with Crippen LogP contribution in [-0.4, -0.2) is 26.9 Å². The number of rotatable bonds is 19. The molecule has 0 aliphatic carbocycles.